The van der Waals surface area contributed by atoms with Crippen LogP contribution in [0.15, 0.2) is 24.3 Å². The molecule has 0 bridgehead atoms. The van der Waals surface area contributed by atoms with Crippen molar-refractivity contribution in [2.45, 2.75) is 0 Å². The highest BCUT2D eigenvalue weighted by Gasteiger charge is 2.14. The maximum atomic E-state index is 11.7. The zero-order valence-electron chi connectivity index (χ0n) is 8.94. The molecule has 1 amide bonds. The molecule has 0 radical (unpaired) electrons. The van der Waals surface area contributed by atoms with E-state index in [0.717, 1.165) is 0 Å². The van der Waals surface area contributed by atoms with E-state index in [0.29, 0.717) is 0 Å². The standard InChI is InChI=1S/C8H8BN5O3.ClH/c15-7(10-8-11-13-14-12-8)5-2-1-3-6(4-5)9(16)17;/h1-4,16-17H,(H2,10,11,12,13,14,15);1H. The van der Waals surface area contributed by atoms with E-state index in [1.165, 1.54) is 18.2 Å². The third-order valence-electron chi connectivity index (χ3n) is 2.02. The number of hydrogen-bond acceptors (Lipinski definition) is 6. The number of nitrogens with one attached hydrogen (secondary N) is 2. The minimum absolute atomic E-state index is 0. The molecule has 0 saturated carbocycles. The fraction of sp³-hybridized carbons (Fsp3) is 0. The van der Waals surface area contributed by atoms with Crippen LogP contribution in [-0.4, -0.2) is 43.7 Å². The summed E-state index contributed by atoms with van der Waals surface area (Å²) in [5, 5.41) is 32.9. The van der Waals surface area contributed by atoms with Crippen molar-refractivity contribution >= 4 is 36.8 Å². The summed E-state index contributed by atoms with van der Waals surface area (Å²) in [7, 11) is -1.62. The van der Waals surface area contributed by atoms with E-state index < -0.39 is 13.0 Å². The number of aromatic nitrogens is 4. The summed E-state index contributed by atoms with van der Waals surface area (Å²) < 4.78 is 0. The molecule has 4 N–H and O–H groups in total. The molecule has 10 heteroatoms. The predicted molar refractivity (Wildman–Crippen MR) is 65.6 cm³/mol. The molecule has 2 aromatic rings. The van der Waals surface area contributed by atoms with E-state index in [2.05, 4.69) is 25.9 Å². The number of tetrazole rings is 1. The smallest absolute Gasteiger partial charge is 0.423 e. The Labute approximate surface area is 108 Å². The van der Waals surface area contributed by atoms with Crippen LogP contribution in [-0.2, 0) is 0 Å². The Hall–Kier alpha value is -1.97. The van der Waals surface area contributed by atoms with Crippen LogP contribution in [0.5, 0.6) is 0 Å². The van der Waals surface area contributed by atoms with Crippen molar-refractivity contribution in [3.8, 4) is 0 Å². The lowest BCUT2D eigenvalue weighted by molar-refractivity contribution is 0.102. The summed E-state index contributed by atoms with van der Waals surface area (Å²) in [5.74, 6) is -0.418. The van der Waals surface area contributed by atoms with Crippen molar-refractivity contribution < 1.29 is 14.8 Å². The van der Waals surface area contributed by atoms with Gasteiger partial charge in [-0.15, -0.1) is 17.5 Å². The first-order chi connectivity index (χ1) is 8.16. The second kappa shape index (κ2) is 6.10. The molecule has 18 heavy (non-hydrogen) atoms. The fourth-order valence-corrected chi connectivity index (χ4v) is 1.23. The van der Waals surface area contributed by atoms with Crippen LogP contribution in [0.25, 0.3) is 0 Å². The van der Waals surface area contributed by atoms with Crippen LogP contribution < -0.4 is 10.8 Å². The Kier molecular flexibility index (Phi) is 4.78. The van der Waals surface area contributed by atoms with E-state index >= 15 is 0 Å². The van der Waals surface area contributed by atoms with Crippen LogP contribution in [0.3, 0.4) is 0 Å². The van der Waals surface area contributed by atoms with E-state index in [-0.39, 0.29) is 29.4 Å². The van der Waals surface area contributed by atoms with E-state index in [1.807, 2.05) is 0 Å². The zero-order chi connectivity index (χ0) is 12.3. The Bertz CT molecular complexity index is 521. The van der Waals surface area contributed by atoms with Crippen molar-refractivity contribution in [1.29, 1.82) is 0 Å². The summed E-state index contributed by atoms with van der Waals surface area (Å²) in [6.45, 7) is 0. The average Bonchev–Trinajstić information content (AvgIpc) is 2.82. The molecule has 2 rings (SSSR count). The lowest BCUT2D eigenvalue weighted by Gasteiger charge is -2.03. The zero-order valence-corrected chi connectivity index (χ0v) is 9.76. The van der Waals surface area contributed by atoms with Crippen LogP contribution in [0.1, 0.15) is 10.4 Å². The monoisotopic (exact) mass is 269 g/mol. The van der Waals surface area contributed by atoms with Crippen LogP contribution in [0.4, 0.5) is 5.95 Å². The van der Waals surface area contributed by atoms with Gasteiger partial charge in [0.1, 0.15) is 0 Å². The number of halogens is 1. The number of nitrogens with zero attached hydrogens (tertiary/aromatic N) is 3. The minimum Gasteiger partial charge on any atom is -0.423 e. The number of H-pyrrole nitrogens is 1. The number of amides is 1. The van der Waals surface area contributed by atoms with Gasteiger partial charge in [0, 0.05) is 5.56 Å². The fourth-order valence-electron chi connectivity index (χ4n) is 1.23. The van der Waals surface area contributed by atoms with Crippen molar-refractivity contribution in [3.05, 3.63) is 29.8 Å². The molecular weight excluding hydrogens is 260 g/mol. The topological polar surface area (TPSA) is 124 Å². The quantitative estimate of drug-likeness (QED) is 0.506. The second-order valence-corrected chi connectivity index (χ2v) is 3.19. The van der Waals surface area contributed by atoms with Gasteiger partial charge < -0.3 is 10.0 Å². The normalized spacial score (nSPS) is 9.44. The maximum Gasteiger partial charge on any atom is 0.488 e. The molecule has 0 saturated heterocycles. The Morgan fingerprint density at radius 3 is 2.78 bits per heavy atom. The highest BCUT2D eigenvalue weighted by Crippen LogP contribution is 2.01. The number of benzene rings is 1. The number of hydrogen-bond donors (Lipinski definition) is 4. The lowest BCUT2D eigenvalue weighted by Crippen LogP contribution is -2.30. The van der Waals surface area contributed by atoms with Gasteiger partial charge in [0.25, 0.3) is 11.9 Å². The summed E-state index contributed by atoms with van der Waals surface area (Å²) in [4.78, 5) is 11.7. The first-order valence-corrected chi connectivity index (χ1v) is 4.67. The van der Waals surface area contributed by atoms with Gasteiger partial charge in [-0.2, -0.15) is 5.21 Å². The third-order valence-corrected chi connectivity index (χ3v) is 2.02. The van der Waals surface area contributed by atoms with Crippen LogP contribution >= 0.6 is 12.4 Å². The van der Waals surface area contributed by atoms with Crippen molar-refractivity contribution in [3.63, 3.8) is 0 Å². The molecule has 8 nitrogen and oxygen atoms in total. The largest absolute Gasteiger partial charge is 0.488 e. The van der Waals surface area contributed by atoms with Gasteiger partial charge in [0.15, 0.2) is 0 Å². The molecule has 94 valence electrons. The number of rotatable bonds is 3. The van der Waals surface area contributed by atoms with Crippen molar-refractivity contribution in [2.75, 3.05) is 5.32 Å². The van der Waals surface area contributed by atoms with Crippen molar-refractivity contribution in [1.82, 2.24) is 20.6 Å². The van der Waals surface area contributed by atoms with Gasteiger partial charge in [-0.05, 0) is 22.8 Å². The first kappa shape index (κ1) is 14.1. The van der Waals surface area contributed by atoms with Gasteiger partial charge in [-0.3, -0.25) is 10.1 Å². The molecule has 0 unspecified atom stereocenters. The summed E-state index contributed by atoms with van der Waals surface area (Å²) in [6.07, 6.45) is 0. The highest BCUT2D eigenvalue weighted by molar-refractivity contribution is 6.58. The molecule has 0 aliphatic rings. The Balaban J connectivity index is 0.00000162. The van der Waals surface area contributed by atoms with E-state index in [9.17, 15) is 4.79 Å². The van der Waals surface area contributed by atoms with Gasteiger partial charge in [-0.1, -0.05) is 17.2 Å². The maximum absolute atomic E-state index is 11.7. The molecule has 0 fully saturated rings. The molecular formula is C8H9BClN5O3. The molecule has 0 atom stereocenters. The highest BCUT2D eigenvalue weighted by atomic mass is 35.5. The lowest BCUT2D eigenvalue weighted by atomic mass is 9.79. The minimum atomic E-state index is -1.62. The van der Waals surface area contributed by atoms with Gasteiger partial charge in [0.05, 0.1) is 0 Å². The molecule has 1 aromatic heterocycles. The van der Waals surface area contributed by atoms with Crippen LogP contribution in [0.2, 0.25) is 0 Å². The van der Waals surface area contributed by atoms with Gasteiger partial charge in [0.2, 0.25) is 0 Å². The summed E-state index contributed by atoms with van der Waals surface area (Å²) >= 11 is 0. The second-order valence-electron chi connectivity index (χ2n) is 3.19. The Morgan fingerprint density at radius 2 is 2.17 bits per heavy atom. The summed E-state index contributed by atoms with van der Waals surface area (Å²) in [5.41, 5.74) is 0.492. The number of carbonyl (C=O) groups is 1. The van der Waals surface area contributed by atoms with Crippen LogP contribution in [0, 0.1) is 0 Å². The summed E-state index contributed by atoms with van der Waals surface area (Å²) in [6, 6.07) is 5.93. The SMILES string of the molecule is Cl.O=C(Nc1nn[nH]n1)c1cccc(B(O)O)c1. The third kappa shape index (κ3) is 3.26. The molecule has 0 aliphatic carbocycles. The van der Waals surface area contributed by atoms with Gasteiger partial charge >= 0.3 is 7.12 Å². The predicted octanol–water partition coefficient (Wildman–Crippen LogP) is -1.45. The number of aromatic amines is 1. The van der Waals surface area contributed by atoms with Crippen molar-refractivity contribution in [2.24, 2.45) is 0 Å². The molecule has 0 aliphatic heterocycles. The molecule has 1 aromatic carbocycles. The number of anilines is 1. The number of carbonyl (C=O) groups excluding carboxylic acids is 1. The van der Waals surface area contributed by atoms with E-state index in [1.54, 1.807) is 6.07 Å². The Morgan fingerprint density at radius 1 is 1.39 bits per heavy atom. The molecule has 0 spiro atoms. The average molecular weight is 269 g/mol. The van der Waals surface area contributed by atoms with E-state index in [4.69, 9.17) is 10.0 Å². The molecule has 1 heterocycles. The van der Waals surface area contributed by atoms with Gasteiger partial charge in [-0.25, -0.2) is 0 Å². The first-order valence-electron chi connectivity index (χ1n) is 4.67.